The average Bonchev–Trinajstić information content (AvgIpc) is 2.35. The number of hydrogen-bond acceptors (Lipinski definition) is 4. The van der Waals surface area contributed by atoms with Crippen LogP contribution in [-0.4, -0.2) is 60.0 Å². The number of hydrogen-bond donors (Lipinski definition) is 3. The molecular formula is C13H28N4O3S. The molecule has 0 amide bonds. The third-order valence-corrected chi connectivity index (χ3v) is 4.85. The molecule has 1 atom stereocenters. The van der Waals surface area contributed by atoms with Gasteiger partial charge >= 0.3 is 0 Å². The van der Waals surface area contributed by atoms with Crippen LogP contribution >= 0.6 is 0 Å². The lowest BCUT2D eigenvalue weighted by atomic mass is 9.86. The van der Waals surface area contributed by atoms with Gasteiger partial charge in [-0.3, -0.25) is 4.99 Å². The van der Waals surface area contributed by atoms with Crippen molar-refractivity contribution in [2.45, 2.75) is 32.2 Å². The molecule has 21 heavy (non-hydrogen) atoms. The van der Waals surface area contributed by atoms with E-state index < -0.39 is 10.0 Å². The van der Waals surface area contributed by atoms with E-state index in [0.717, 1.165) is 12.8 Å². The molecule has 0 aliphatic heterocycles. The van der Waals surface area contributed by atoms with Crippen LogP contribution in [0.3, 0.4) is 0 Å². The van der Waals surface area contributed by atoms with E-state index in [-0.39, 0.29) is 11.8 Å². The molecule has 0 radical (unpaired) electrons. The van der Waals surface area contributed by atoms with Crippen molar-refractivity contribution in [2.75, 3.05) is 39.6 Å². The first kappa shape index (κ1) is 18.2. The molecule has 1 saturated carbocycles. The molecule has 0 saturated heterocycles. The highest BCUT2D eigenvalue weighted by atomic mass is 32.2. The minimum atomic E-state index is -3.22. The van der Waals surface area contributed by atoms with Crippen molar-refractivity contribution in [2.24, 2.45) is 10.9 Å². The molecule has 1 aliphatic rings. The zero-order valence-corrected chi connectivity index (χ0v) is 14.0. The summed E-state index contributed by atoms with van der Waals surface area (Å²) in [4.78, 5) is 4.05. The van der Waals surface area contributed by atoms with Gasteiger partial charge < -0.3 is 15.4 Å². The van der Waals surface area contributed by atoms with Gasteiger partial charge in [0.1, 0.15) is 0 Å². The maximum Gasteiger partial charge on any atom is 0.213 e. The Morgan fingerprint density at radius 1 is 1.43 bits per heavy atom. The minimum absolute atomic E-state index is 0.0408. The van der Waals surface area contributed by atoms with Crippen molar-refractivity contribution >= 4 is 16.0 Å². The summed E-state index contributed by atoms with van der Waals surface area (Å²) in [5, 5.41) is 6.12. The fraction of sp³-hybridized carbons (Fsp3) is 0.923. The lowest BCUT2D eigenvalue weighted by Crippen LogP contribution is -2.46. The molecule has 0 spiro atoms. The largest absolute Gasteiger partial charge is 0.383 e. The van der Waals surface area contributed by atoms with Gasteiger partial charge in [0.15, 0.2) is 5.96 Å². The van der Waals surface area contributed by atoms with Crippen molar-refractivity contribution in [3.05, 3.63) is 0 Å². The van der Waals surface area contributed by atoms with Gasteiger partial charge in [-0.25, -0.2) is 13.1 Å². The molecule has 3 N–H and O–H groups in total. The van der Waals surface area contributed by atoms with Crippen molar-refractivity contribution in [1.29, 1.82) is 0 Å². The number of sulfonamides is 1. The standard InChI is InChI=1S/C13H28N4O3S/c1-11(10-20-3)17-13(14-2)15-7-8-21(18,19)16-9-12-5-4-6-12/h11-12,16H,4-10H2,1-3H3,(H2,14,15,17). The van der Waals surface area contributed by atoms with E-state index in [1.807, 2.05) is 6.92 Å². The number of aliphatic imine (C=N–C) groups is 1. The Morgan fingerprint density at radius 2 is 2.14 bits per heavy atom. The van der Waals surface area contributed by atoms with Crippen LogP contribution in [0.25, 0.3) is 0 Å². The molecule has 1 aliphatic carbocycles. The Balaban J connectivity index is 2.22. The molecule has 124 valence electrons. The molecule has 0 aromatic carbocycles. The molecule has 0 bridgehead atoms. The average molecular weight is 320 g/mol. The molecule has 0 aromatic heterocycles. The summed E-state index contributed by atoms with van der Waals surface area (Å²) in [6.45, 7) is 3.41. The predicted molar refractivity (Wildman–Crippen MR) is 85.0 cm³/mol. The van der Waals surface area contributed by atoms with Crippen LogP contribution in [0, 0.1) is 5.92 Å². The number of nitrogens with one attached hydrogen (secondary N) is 3. The second-order valence-electron chi connectivity index (χ2n) is 5.46. The summed E-state index contributed by atoms with van der Waals surface area (Å²) in [6, 6.07) is 0.106. The van der Waals surface area contributed by atoms with Gasteiger partial charge in [0, 0.05) is 33.3 Å². The van der Waals surface area contributed by atoms with Crippen LogP contribution < -0.4 is 15.4 Å². The van der Waals surface area contributed by atoms with Gasteiger partial charge in [-0.2, -0.15) is 0 Å². The van der Waals surface area contributed by atoms with Crippen LogP contribution in [0.2, 0.25) is 0 Å². The molecule has 1 rings (SSSR count). The van der Waals surface area contributed by atoms with Gasteiger partial charge in [0.05, 0.1) is 12.4 Å². The number of guanidine groups is 1. The maximum absolute atomic E-state index is 11.8. The molecule has 1 unspecified atom stereocenters. The lowest BCUT2D eigenvalue weighted by molar-refractivity contribution is 0.179. The first-order chi connectivity index (χ1) is 9.96. The van der Waals surface area contributed by atoms with Crippen LogP contribution in [0.4, 0.5) is 0 Å². The Labute approximate surface area is 128 Å². The molecule has 7 nitrogen and oxygen atoms in total. The van der Waals surface area contributed by atoms with Crippen LogP contribution in [0.5, 0.6) is 0 Å². The Morgan fingerprint density at radius 3 is 2.67 bits per heavy atom. The summed E-state index contributed by atoms with van der Waals surface area (Å²) >= 11 is 0. The van der Waals surface area contributed by atoms with Crippen LogP contribution in [0.15, 0.2) is 4.99 Å². The van der Waals surface area contributed by atoms with Crippen molar-refractivity contribution in [3.63, 3.8) is 0 Å². The van der Waals surface area contributed by atoms with Crippen molar-refractivity contribution in [1.82, 2.24) is 15.4 Å². The minimum Gasteiger partial charge on any atom is -0.383 e. The SMILES string of the molecule is CN=C(NCCS(=O)(=O)NCC1CCC1)NC(C)COC. The summed E-state index contributed by atoms with van der Waals surface area (Å²) in [5.41, 5.74) is 0. The lowest BCUT2D eigenvalue weighted by Gasteiger charge is -2.25. The summed E-state index contributed by atoms with van der Waals surface area (Å²) < 4.78 is 31.4. The molecule has 1 fully saturated rings. The predicted octanol–water partition coefficient (Wildman–Crippen LogP) is -0.0942. The van der Waals surface area contributed by atoms with Crippen molar-refractivity contribution < 1.29 is 13.2 Å². The Kier molecular flexibility index (Phi) is 7.98. The fourth-order valence-electron chi connectivity index (χ4n) is 2.04. The topological polar surface area (TPSA) is 91.8 Å². The number of rotatable bonds is 9. The van der Waals surface area contributed by atoms with Gasteiger partial charge in [0.25, 0.3) is 0 Å². The van der Waals surface area contributed by atoms with E-state index in [2.05, 4.69) is 20.3 Å². The van der Waals surface area contributed by atoms with Crippen LogP contribution in [-0.2, 0) is 14.8 Å². The summed E-state index contributed by atoms with van der Waals surface area (Å²) in [7, 11) is 0.0692. The Hall–Kier alpha value is -0.860. The fourth-order valence-corrected chi connectivity index (χ4v) is 3.04. The summed E-state index contributed by atoms with van der Waals surface area (Å²) in [6.07, 6.45) is 3.49. The zero-order chi connectivity index (χ0) is 15.7. The third kappa shape index (κ3) is 7.63. The van der Waals surface area contributed by atoms with E-state index >= 15 is 0 Å². The second-order valence-corrected chi connectivity index (χ2v) is 7.39. The second kappa shape index (κ2) is 9.22. The Bertz CT molecular complexity index is 421. The zero-order valence-electron chi connectivity index (χ0n) is 13.2. The van der Waals surface area contributed by atoms with E-state index in [4.69, 9.17) is 4.74 Å². The first-order valence-electron chi connectivity index (χ1n) is 7.40. The molecule has 0 heterocycles. The van der Waals surface area contributed by atoms with Gasteiger partial charge in [-0.05, 0) is 25.7 Å². The molecular weight excluding hydrogens is 292 g/mol. The molecule has 0 aromatic rings. The van der Waals surface area contributed by atoms with E-state index in [1.165, 1.54) is 6.42 Å². The first-order valence-corrected chi connectivity index (χ1v) is 9.05. The maximum atomic E-state index is 11.8. The number of methoxy groups -OCH3 is 1. The highest BCUT2D eigenvalue weighted by Gasteiger charge is 2.20. The van der Waals surface area contributed by atoms with E-state index in [9.17, 15) is 8.42 Å². The quantitative estimate of drug-likeness (QED) is 0.408. The summed E-state index contributed by atoms with van der Waals surface area (Å²) in [5.74, 6) is 1.14. The number of ether oxygens (including phenoxy) is 1. The normalized spacial score (nSPS) is 18.1. The number of nitrogens with zero attached hydrogens (tertiary/aromatic N) is 1. The van der Waals surface area contributed by atoms with Crippen molar-refractivity contribution in [3.8, 4) is 0 Å². The van der Waals surface area contributed by atoms with Gasteiger partial charge in [0.2, 0.25) is 10.0 Å². The highest BCUT2D eigenvalue weighted by molar-refractivity contribution is 7.89. The highest BCUT2D eigenvalue weighted by Crippen LogP contribution is 2.25. The monoisotopic (exact) mass is 320 g/mol. The van der Waals surface area contributed by atoms with E-state index in [1.54, 1.807) is 14.2 Å². The van der Waals surface area contributed by atoms with E-state index in [0.29, 0.717) is 31.6 Å². The smallest absolute Gasteiger partial charge is 0.213 e. The van der Waals surface area contributed by atoms with Crippen LogP contribution in [0.1, 0.15) is 26.2 Å². The van der Waals surface area contributed by atoms with Gasteiger partial charge in [-0.15, -0.1) is 0 Å². The van der Waals surface area contributed by atoms with Gasteiger partial charge in [-0.1, -0.05) is 6.42 Å². The molecule has 8 heteroatoms. The third-order valence-electron chi connectivity index (χ3n) is 3.50.